The van der Waals surface area contributed by atoms with Gasteiger partial charge in [-0.2, -0.15) is 0 Å². The van der Waals surface area contributed by atoms with Gasteiger partial charge in [-0.15, -0.1) is 0 Å². The Morgan fingerprint density at radius 1 is 1.27 bits per heavy atom. The van der Waals surface area contributed by atoms with Crippen LogP contribution >= 0.6 is 0 Å². The molecule has 4 N–H and O–H groups in total. The molecular weight excluding hydrogens is 330 g/mol. The molecule has 0 aromatic carbocycles. The molecule has 0 aliphatic heterocycles. The van der Waals surface area contributed by atoms with Gasteiger partial charge in [-0.25, -0.2) is 0 Å². The van der Waals surface area contributed by atoms with Crippen molar-refractivity contribution in [2.45, 2.75) is 70.5 Å². The number of carbonyl (C=O) groups is 2. The van der Waals surface area contributed by atoms with Crippen LogP contribution in [-0.2, 0) is 9.59 Å². The molecule has 0 radical (unpaired) electrons. The fourth-order valence-corrected chi connectivity index (χ4v) is 7.32. The largest absolute Gasteiger partial charge is 0.393 e. The molecule has 0 aromatic heterocycles. The Balaban J connectivity index is 1.74. The zero-order valence-corrected chi connectivity index (χ0v) is 15.8. The number of aliphatic hydroxyl groups excluding tert-OH is 1. The summed E-state index contributed by atoms with van der Waals surface area (Å²) in [5.74, 6) is 0.504. The zero-order chi connectivity index (χ0) is 18.9. The summed E-state index contributed by atoms with van der Waals surface area (Å²) in [6.45, 7) is 4.03. The van der Waals surface area contributed by atoms with Crippen LogP contribution in [0.5, 0.6) is 0 Å². The molecule has 144 valence electrons. The first-order chi connectivity index (χ1) is 12.2. The molecule has 3 fully saturated rings. The van der Waals surface area contributed by atoms with Crippen LogP contribution in [0, 0.1) is 28.6 Å². The maximum Gasteiger partial charge on any atom is 0.178 e. The van der Waals surface area contributed by atoms with Gasteiger partial charge in [0.2, 0.25) is 0 Å². The van der Waals surface area contributed by atoms with E-state index in [1.807, 2.05) is 13.0 Å². The van der Waals surface area contributed by atoms with Crippen molar-refractivity contribution in [1.82, 2.24) is 0 Å². The van der Waals surface area contributed by atoms with Crippen LogP contribution in [-0.4, -0.2) is 40.0 Å². The van der Waals surface area contributed by atoms with E-state index in [9.17, 15) is 19.8 Å². The van der Waals surface area contributed by atoms with Crippen molar-refractivity contribution in [3.8, 4) is 0 Å². The monoisotopic (exact) mass is 361 g/mol. The Bertz CT molecular complexity index is 687. The highest BCUT2D eigenvalue weighted by Gasteiger charge is 2.68. The molecule has 3 saturated carbocycles. The highest BCUT2D eigenvalue weighted by Crippen LogP contribution is 2.67. The van der Waals surface area contributed by atoms with Gasteiger partial charge in [-0.05, 0) is 67.8 Å². The Morgan fingerprint density at radius 3 is 2.69 bits per heavy atom. The predicted octanol–water partition coefficient (Wildman–Crippen LogP) is 1.75. The molecule has 5 nitrogen and oxygen atoms in total. The molecule has 26 heavy (non-hydrogen) atoms. The molecule has 0 saturated heterocycles. The van der Waals surface area contributed by atoms with Crippen molar-refractivity contribution < 1.29 is 19.8 Å². The van der Waals surface area contributed by atoms with Gasteiger partial charge in [-0.1, -0.05) is 19.4 Å². The first-order valence-corrected chi connectivity index (χ1v) is 10.0. The van der Waals surface area contributed by atoms with Crippen molar-refractivity contribution in [3.05, 3.63) is 11.6 Å². The Hall–Kier alpha value is -1.04. The average Bonchev–Trinajstić information content (AvgIpc) is 2.86. The van der Waals surface area contributed by atoms with Gasteiger partial charge < -0.3 is 15.9 Å². The highest BCUT2D eigenvalue weighted by atomic mass is 16.3. The number of Topliss-reactive ketones (excluding diaryl/α,β-unsaturated/α-hetero) is 1. The molecule has 0 bridgehead atoms. The Kier molecular flexibility index (Phi) is 4.04. The second-order valence-electron chi connectivity index (χ2n) is 9.60. The Morgan fingerprint density at radius 2 is 2.00 bits per heavy atom. The normalized spacial score (nSPS) is 50.5. The van der Waals surface area contributed by atoms with Crippen LogP contribution in [0.15, 0.2) is 11.6 Å². The van der Waals surface area contributed by atoms with E-state index in [0.717, 1.165) is 25.7 Å². The molecule has 1 unspecified atom stereocenters. The lowest BCUT2D eigenvalue weighted by atomic mass is 9.45. The van der Waals surface area contributed by atoms with Crippen LogP contribution in [0.3, 0.4) is 0 Å². The van der Waals surface area contributed by atoms with E-state index >= 15 is 0 Å². The summed E-state index contributed by atoms with van der Waals surface area (Å²) < 4.78 is 0. The number of rotatable bonds is 2. The number of ketones is 2. The third kappa shape index (κ3) is 2.14. The molecule has 0 heterocycles. The summed E-state index contributed by atoms with van der Waals surface area (Å²) in [5, 5.41) is 22.5. The van der Waals surface area contributed by atoms with E-state index in [-0.39, 0.29) is 41.3 Å². The first kappa shape index (κ1) is 18.3. The first-order valence-electron chi connectivity index (χ1n) is 10.0. The SMILES string of the molecule is C[C@]12CCC(=O)C=C1CC[C@@H]1[C@@H]2C(O)C[C@@]2(C)[C@H]1CC[C@]2(O)C(=O)CN. The summed E-state index contributed by atoms with van der Waals surface area (Å²) in [4.78, 5) is 24.4. The van der Waals surface area contributed by atoms with E-state index in [4.69, 9.17) is 5.73 Å². The van der Waals surface area contributed by atoms with Crippen molar-refractivity contribution in [2.24, 2.45) is 34.3 Å². The molecule has 0 spiro atoms. The van der Waals surface area contributed by atoms with Crippen molar-refractivity contribution in [1.29, 1.82) is 0 Å². The number of aliphatic hydroxyl groups is 2. The van der Waals surface area contributed by atoms with Crippen molar-refractivity contribution in [3.63, 3.8) is 0 Å². The third-order valence-electron chi connectivity index (χ3n) is 8.70. The van der Waals surface area contributed by atoms with Gasteiger partial charge >= 0.3 is 0 Å². The second kappa shape index (κ2) is 5.73. The number of hydrogen-bond acceptors (Lipinski definition) is 5. The number of hydrogen-bond donors (Lipinski definition) is 3. The predicted molar refractivity (Wildman–Crippen MR) is 97.1 cm³/mol. The van der Waals surface area contributed by atoms with E-state index < -0.39 is 17.1 Å². The number of nitrogens with two attached hydrogens (primary N) is 1. The van der Waals surface area contributed by atoms with Gasteiger partial charge in [0, 0.05) is 11.8 Å². The molecule has 4 aliphatic rings. The fraction of sp³-hybridized carbons (Fsp3) is 0.810. The lowest BCUT2D eigenvalue weighted by molar-refractivity contribution is -0.179. The van der Waals surface area contributed by atoms with Crippen molar-refractivity contribution in [2.75, 3.05) is 6.54 Å². The van der Waals surface area contributed by atoms with Gasteiger partial charge in [0.15, 0.2) is 11.6 Å². The summed E-state index contributed by atoms with van der Waals surface area (Å²) in [6, 6.07) is 0. The van der Waals surface area contributed by atoms with Crippen molar-refractivity contribution >= 4 is 11.6 Å². The van der Waals surface area contributed by atoms with Crippen LogP contribution < -0.4 is 5.73 Å². The molecule has 4 rings (SSSR count). The maximum absolute atomic E-state index is 12.5. The third-order valence-corrected chi connectivity index (χ3v) is 8.70. The summed E-state index contributed by atoms with van der Waals surface area (Å²) >= 11 is 0. The second-order valence-corrected chi connectivity index (χ2v) is 9.60. The van der Waals surface area contributed by atoms with E-state index in [1.54, 1.807) is 0 Å². The Labute approximate surface area is 155 Å². The van der Waals surface area contributed by atoms with Crippen LogP contribution in [0.2, 0.25) is 0 Å². The van der Waals surface area contributed by atoms with Gasteiger partial charge in [-0.3, -0.25) is 9.59 Å². The number of allylic oxidation sites excluding steroid dienone is 1. The number of carbonyl (C=O) groups excluding carboxylic acids is 2. The van der Waals surface area contributed by atoms with Crippen LogP contribution in [0.4, 0.5) is 0 Å². The zero-order valence-electron chi connectivity index (χ0n) is 15.8. The van der Waals surface area contributed by atoms with E-state index in [0.29, 0.717) is 19.3 Å². The van der Waals surface area contributed by atoms with Crippen LogP contribution in [0.25, 0.3) is 0 Å². The fourth-order valence-electron chi connectivity index (χ4n) is 7.32. The summed E-state index contributed by atoms with van der Waals surface area (Å²) in [5.41, 5.74) is 4.61. The minimum Gasteiger partial charge on any atom is -0.393 e. The molecule has 4 aliphatic carbocycles. The number of fused-ring (bicyclic) bond motifs is 5. The smallest absolute Gasteiger partial charge is 0.178 e. The topological polar surface area (TPSA) is 101 Å². The van der Waals surface area contributed by atoms with Gasteiger partial charge in [0.05, 0.1) is 12.6 Å². The lowest BCUT2D eigenvalue weighted by Gasteiger charge is -2.60. The highest BCUT2D eigenvalue weighted by molar-refractivity contribution is 5.92. The van der Waals surface area contributed by atoms with Gasteiger partial charge in [0.25, 0.3) is 0 Å². The quantitative estimate of drug-likeness (QED) is 0.696. The standard InChI is InChI=1S/C21H31NO4/c1-19-7-5-13(23)9-12(19)3-4-14-15-6-8-21(26,17(25)11-22)20(15,2)10-16(24)18(14)19/h9,14-16,18,24,26H,3-8,10-11,22H2,1-2H3/t14-,15-,16?,18+,19-,20-,21-/m0/s1. The molecule has 0 amide bonds. The molecule has 0 aromatic rings. The minimum absolute atomic E-state index is 0.101. The molecule has 5 heteroatoms. The molecule has 7 atom stereocenters. The maximum atomic E-state index is 12.5. The minimum atomic E-state index is -1.42. The van der Waals surface area contributed by atoms with Gasteiger partial charge in [0.1, 0.15) is 5.60 Å². The molecular formula is C21H31NO4. The van der Waals surface area contributed by atoms with Crippen LogP contribution in [0.1, 0.15) is 58.8 Å². The van der Waals surface area contributed by atoms with E-state index in [2.05, 4.69) is 6.92 Å². The summed E-state index contributed by atoms with van der Waals surface area (Å²) in [6.07, 6.45) is 6.08. The summed E-state index contributed by atoms with van der Waals surface area (Å²) in [7, 11) is 0. The average molecular weight is 361 g/mol. The van der Waals surface area contributed by atoms with E-state index in [1.165, 1.54) is 5.57 Å². The lowest BCUT2D eigenvalue weighted by Crippen LogP contribution is -2.62.